The van der Waals surface area contributed by atoms with E-state index in [9.17, 15) is 19.7 Å². The highest BCUT2D eigenvalue weighted by Gasteiger charge is 2.23. The van der Waals surface area contributed by atoms with Crippen LogP contribution in [0.5, 0.6) is 0 Å². The number of hydrogen-bond donors (Lipinski definition) is 0. The van der Waals surface area contributed by atoms with Gasteiger partial charge in [0.25, 0.3) is 11.6 Å². The Morgan fingerprint density at radius 3 is 2.58 bits per heavy atom. The van der Waals surface area contributed by atoms with Gasteiger partial charge in [-0.05, 0) is 6.92 Å². The summed E-state index contributed by atoms with van der Waals surface area (Å²) < 4.78 is 5.86. The monoisotopic (exact) mass is 269 g/mol. The maximum Gasteiger partial charge on any atom is 0.325 e. The van der Waals surface area contributed by atoms with Crippen molar-refractivity contribution in [1.82, 2.24) is 9.47 Å². The molecular weight excluding hydrogens is 254 g/mol. The Kier molecular flexibility index (Phi) is 4.62. The Bertz CT molecular complexity index is 508. The van der Waals surface area contributed by atoms with Gasteiger partial charge in [-0.25, -0.2) is 0 Å². The van der Waals surface area contributed by atoms with Crippen molar-refractivity contribution in [3.8, 4) is 0 Å². The van der Waals surface area contributed by atoms with E-state index in [4.69, 9.17) is 0 Å². The predicted molar refractivity (Wildman–Crippen MR) is 65.7 cm³/mol. The molecule has 0 aromatic carbocycles. The Hall–Kier alpha value is -2.38. The summed E-state index contributed by atoms with van der Waals surface area (Å²) in [5.41, 5.74) is -0.0163. The summed E-state index contributed by atoms with van der Waals surface area (Å²) in [6.45, 7) is 1.82. The van der Waals surface area contributed by atoms with Crippen LogP contribution in [0.1, 0.15) is 17.4 Å². The van der Waals surface area contributed by atoms with Crippen LogP contribution in [-0.4, -0.2) is 46.5 Å². The minimum atomic E-state index is -0.576. The van der Waals surface area contributed by atoms with E-state index in [1.165, 1.54) is 35.9 Å². The Balaban J connectivity index is 2.97. The molecule has 0 aliphatic heterocycles. The second-order valence-corrected chi connectivity index (χ2v) is 3.85. The molecule has 0 atom stereocenters. The molecule has 0 bridgehead atoms. The molecule has 0 saturated carbocycles. The molecule has 1 rings (SSSR count). The van der Waals surface area contributed by atoms with E-state index in [-0.39, 0.29) is 17.9 Å². The van der Waals surface area contributed by atoms with Crippen LogP contribution in [0.3, 0.4) is 0 Å². The highest BCUT2D eigenvalue weighted by atomic mass is 16.6. The summed E-state index contributed by atoms with van der Waals surface area (Å²) in [6, 6.07) is 1.18. The number of likely N-dealkylation sites (N-methyl/N-ethyl adjacent to an activating group) is 1. The second kappa shape index (κ2) is 5.98. The third-order valence-corrected chi connectivity index (χ3v) is 2.64. The van der Waals surface area contributed by atoms with Crippen molar-refractivity contribution in [3.63, 3.8) is 0 Å². The lowest BCUT2D eigenvalue weighted by molar-refractivity contribution is -0.384. The number of hydrogen-bond acceptors (Lipinski definition) is 5. The minimum Gasteiger partial charge on any atom is -0.468 e. The summed E-state index contributed by atoms with van der Waals surface area (Å²) in [4.78, 5) is 34.7. The quantitative estimate of drug-likeness (QED) is 0.442. The van der Waals surface area contributed by atoms with Crippen LogP contribution in [0.15, 0.2) is 12.3 Å². The van der Waals surface area contributed by atoms with Crippen molar-refractivity contribution in [1.29, 1.82) is 0 Å². The summed E-state index contributed by atoms with van der Waals surface area (Å²) in [5.74, 6) is -0.998. The van der Waals surface area contributed by atoms with Crippen molar-refractivity contribution in [2.24, 2.45) is 7.05 Å². The summed E-state index contributed by atoms with van der Waals surface area (Å²) in [7, 11) is 2.76. The molecule has 0 aliphatic carbocycles. The molecule has 0 aliphatic rings. The number of amides is 1. The SMILES string of the molecule is CCN(CC(=O)OC)C(=O)c1cc([N+](=O)[O-])cn1C. The zero-order valence-corrected chi connectivity index (χ0v) is 11.0. The largest absolute Gasteiger partial charge is 0.468 e. The normalized spacial score (nSPS) is 10.1. The van der Waals surface area contributed by atoms with Crippen LogP contribution in [-0.2, 0) is 16.6 Å². The third kappa shape index (κ3) is 3.30. The van der Waals surface area contributed by atoms with Crippen LogP contribution < -0.4 is 0 Å². The van der Waals surface area contributed by atoms with Crippen LogP contribution >= 0.6 is 0 Å². The molecule has 8 heteroatoms. The molecule has 1 amide bonds. The molecule has 0 fully saturated rings. The number of ether oxygens (including phenoxy) is 1. The average molecular weight is 269 g/mol. The Labute approximate surface area is 109 Å². The zero-order valence-electron chi connectivity index (χ0n) is 11.0. The zero-order chi connectivity index (χ0) is 14.6. The molecule has 104 valence electrons. The highest BCUT2D eigenvalue weighted by molar-refractivity contribution is 5.95. The number of methoxy groups -OCH3 is 1. The number of rotatable bonds is 5. The van der Waals surface area contributed by atoms with E-state index in [1.54, 1.807) is 6.92 Å². The third-order valence-electron chi connectivity index (χ3n) is 2.64. The van der Waals surface area contributed by atoms with E-state index in [0.717, 1.165) is 0 Å². The van der Waals surface area contributed by atoms with E-state index in [1.807, 2.05) is 0 Å². The molecule has 1 heterocycles. The number of aryl methyl sites for hydroxylation is 1. The first kappa shape index (κ1) is 14.7. The van der Waals surface area contributed by atoms with Crippen LogP contribution in [0, 0.1) is 10.1 Å². The lowest BCUT2D eigenvalue weighted by Gasteiger charge is -2.19. The van der Waals surface area contributed by atoms with Gasteiger partial charge >= 0.3 is 5.97 Å². The first-order valence-electron chi connectivity index (χ1n) is 5.57. The molecule has 1 aromatic rings. The van der Waals surface area contributed by atoms with Crippen LogP contribution in [0.25, 0.3) is 0 Å². The molecule has 8 nitrogen and oxygen atoms in total. The van der Waals surface area contributed by atoms with Crippen molar-refractivity contribution in [2.75, 3.05) is 20.2 Å². The lowest BCUT2D eigenvalue weighted by Crippen LogP contribution is -2.36. The summed E-state index contributed by atoms with van der Waals surface area (Å²) in [5, 5.41) is 10.6. The van der Waals surface area contributed by atoms with Gasteiger partial charge in [-0.2, -0.15) is 0 Å². The van der Waals surface area contributed by atoms with Gasteiger partial charge in [0.15, 0.2) is 0 Å². The predicted octanol–water partition coefficient (Wildman–Crippen LogP) is 0.568. The molecule has 1 aromatic heterocycles. The molecule has 0 radical (unpaired) electrons. The number of nitrogens with zero attached hydrogens (tertiary/aromatic N) is 3. The topological polar surface area (TPSA) is 94.7 Å². The van der Waals surface area contributed by atoms with Gasteiger partial charge in [0.1, 0.15) is 12.2 Å². The van der Waals surface area contributed by atoms with Gasteiger partial charge in [0.2, 0.25) is 0 Å². The number of esters is 1. The van der Waals surface area contributed by atoms with E-state index in [0.29, 0.717) is 6.54 Å². The van der Waals surface area contributed by atoms with Crippen molar-refractivity contribution in [2.45, 2.75) is 6.92 Å². The fourth-order valence-corrected chi connectivity index (χ4v) is 1.57. The Morgan fingerprint density at radius 1 is 1.53 bits per heavy atom. The van der Waals surface area contributed by atoms with E-state index in [2.05, 4.69) is 4.74 Å². The standard InChI is InChI=1S/C11H15N3O5/c1-4-13(7-10(15)19-3)11(16)9-5-8(14(17)18)6-12(9)2/h5-6H,4,7H2,1-3H3. The fraction of sp³-hybridized carbons (Fsp3) is 0.455. The van der Waals surface area contributed by atoms with E-state index >= 15 is 0 Å². The molecule has 0 saturated heterocycles. The van der Waals surface area contributed by atoms with Crippen LogP contribution in [0.2, 0.25) is 0 Å². The van der Waals surface area contributed by atoms with Gasteiger partial charge in [-0.3, -0.25) is 19.7 Å². The molecule has 19 heavy (non-hydrogen) atoms. The first-order chi connectivity index (χ1) is 8.90. The number of nitro groups is 1. The summed E-state index contributed by atoms with van der Waals surface area (Å²) in [6.07, 6.45) is 1.25. The molecule has 0 unspecified atom stereocenters. The van der Waals surface area contributed by atoms with Crippen molar-refractivity contribution >= 4 is 17.6 Å². The maximum absolute atomic E-state index is 12.2. The second-order valence-electron chi connectivity index (χ2n) is 3.85. The van der Waals surface area contributed by atoms with Crippen molar-refractivity contribution in [3.05, 3.63) is 28.1 Å². The molecule has 0 spiro atoms. The summed E-state index contributed by atoms with van der Waals surface area (Å²) >= 11 is 0. The molecular formula is C11H15N3O5. The number of carbonyl (C=O) groups excluding carboxylic acids is 2. The van der Waals surface area contributed by atoms with Crippen LogP contribution in [0.4, 0.5) is 5.69 Å². The number of aromatic nitrogens is 1. The van der Waals surface area contributed by atoms with Crippen molar-refractivity contribution < 1.29 is 19.2 Å². The smallest absolute Gasteiger partial charge is 0.325 e. The van der Waals surface area contributed by atoms with Gasteiger partial charge in [0, 0.05) is 19.7 Å². The maximum atomic E-state index is 12.2. The van der Waals surface area contributed by atoms with Gasteiger partial charge in [0.05, 0.1) is 18.2 Å². The minimum absolute atomic E-state index is 0.150. The highest BCUT2D eigenvalue weighted by Crippen LogP contribution is 2.16. The lowest BCUT2D eigenvalue weighted by atomic mass is 10.3. The van der Waals surface area contributed by atoms with Gasteiger partial charge < -0.3 is 14.2 Å². The van der Waals surface area contributed by atoms with E-state index < -0.39 is 16.8 Å². The van der Waals surface area contributed by atoms with Gasteiger partial charge in [-0.1, -0.05) is 0 Å². The first-order valence-corrected chi connectivity index (χ1v) is 5.57. The van der Waals surface area contributed by atoms with Gasteiger partial charge in [-0.15, -0.1) is 0 Å². The fourth-order valence-electron chi connectivity index (χ4n) is 1.57. The Morgan fingerprint density at radius 2 is 2.16 bits per heavy atom. The number of carbonyl (C=O) groups is 2. The average Bonchev–Trinajstić information content (AvgIpc) is 2.77. The molecule has 0 N–H and O–H groups in total.